The maximum atomic E-state index is 12.1. The number of rotatable bonds is 7. The molecule has 0 saturated heterocycles. The van der Waals surface area contributed by atoms with Gasteiger partial charge in [0.1, 0.15) is 6.61 Å². The standard InChI is InChI=1S/C17H24N4O3/c1-17(2,3)21-16(22)9-14(12-20-21)18-10-13-5-6-15(19-11-13)24-8-7-23-4/h5-6,9,11-12,18H,7-8,10H2,1-4H3. The lowest BCUT2D eigenvalue weighted by molar-refractivity contribution is 0.143. The maximum absolute atomic E-state index is 12.1. The Bertz CT molecular complexity index is 705. The van der Waals surface area contributed by atoms with E-state index in [1.54, 1.807) is 25.6 Å². The summed E-state index contributed by atoms with van der Waals surface area (Å²) in [5.41, 5.74) is 1.19. The highest BCUT2D eigenvalue weighted by Gasteiger charge is 2.15. The summed E-state index contributed by atoms with van der Waals surface area (Å²) in [6.45, 7) is 7.37. The van der Waals surface area contributed by atoms with E-state index in [4.69, 9.17) is 9.47 Å². The summed E-state index contributed by atoms with van der Waals surface area (Å²) < 4.78 is 11.8. The molecule has 2 aromatic heterocycles. The Morgan fingerprint density at radius 1 is 1.21 bits per heavy atom. The molecule has 2 aromatic rings. The van der Waals surface area contributed by atoms with Crippen molar-refractivity contribution in [3.8, 4) is 5.88 Å². The molecule has 2 heterocycles. The molecule has 0 unspecified atom stereocenters. The average molecular weight is 332 g/mol. The van der Waals surface area contributed by atoms with Gasteiger partial charge in [0.2, 0.25) is 5.88 Å². The molecule has 7 nitrogen and oxygen atoms in total. The zero-order chi connectivity index (χ0) is 17.6. The number of hydrogen-bond donors (Lipinski definition) is 1. The van der Waals surface area contributed by atoms with Crippen LogP contribution in [0.15, 0.2) is 35.4 Å². The summed E-state index contributed by atoms with van der Waals surface area (Å²) >= 11 is 0. The van der Waals surface area contributed by atoms with Gasteiger partial charge in [0.15, 0.2) is 0 Å². The highest BCUT2D eigenvalue weighted by atomic mass is 16.5. The van der Waals surface area contributed by atoms with Crippen LogP contribution in [0.3, 0.4) is 0 Å². The molecule has 0 aliphatic carbocycles. The van der Waals surface area contributed by atoms with E-state index in [2.05, 4.69) is 15.4 Å². The van der Waals surface area contributed by atoms with E-state index in [1.165, 1.54) is 4.68 Å². The Labute approximate surface area is 141 Å². The van der Waals surface area contributed by atoms with Crippen LogP contribution in [0.2, 0.25) is 0 Å². The minimum Gasteiger partial charge on any atom is -0.475 e. The molecule has 7 heteroatoms. The van der Waals surface area contributed by atoms with Gasteiger partial charge in [-0.15, -0.1) is 0 Å². The van der Waals surface area contributed by atoms with Crippen molar-refractivity contribution in [2.24, 2.45) is 0 Å². The van der Waals surface area contributed by atoms with Crippen LogP contribution in [0.5, 0.6) is 5.88 Å². The zero-order valence-electron chi connectivity index (χ0n) is 14.6. The quantitative estimate of drug-likeness (QED) is 0.782. The Balaban J connectivity index is 1.94. The van der Waals surface area contributed by atoms with Gasteiger partial charge in [0, 0.05) is 32.0 Å². The first-order chi connectivity index (χ1) is 11.4. The van der Waals surface area contributed by atoms with Crippen molar-refractivity contribution in [1.82, 2.24) is 14.8 Å². The first kappa shape index (κ1) is 17.9. The van der Waals surface area contributed by atoms with E-state index in [-0.39, 0.29) is 11.1 Å². The number of anilines is 1. The molecule has 130 valence electrons. The third-order valence-corrected chi connectivity index (χ3v) is 3.27. The van der Waals surface area contributed by atoms with Gasteiger partial charge < -0.3 is 14.8 Å². The maximum Gasteiger partial charge on any atom is 0.269 e. The lowest BCUT2D eigenvalue weighted by Crippen LogP contribution is -2.35. The van der Waals surface area contributed by atoms with Crippen molar-refractivity contribution in [3.05, 3.63) is 46.5 Å². The van der Waals surface area contributed by atoms with E-state index in [0.717, 1.165) is 5.56 Å². The van der Waals surface area contributed by atoms with Gasteiger partial charge in [0.25, 0.3) is 5.56 Å². The first-order valence-electron chi connectivity index (χ1n) is 7.80. The highest BCUT2D eigenvalue weighted by Crippen LogP contribution is 2.12. The van der Waals surface area contributed by atoms with Crippen LogP contribution in [-0.2, 0) is 16.8 Å². The summed E-state index contributed by atoms with van der Waals surface area (Å²) in [6.07, 6.45) is 3.39. The Morgan fingerprint density at radius 3 is 2.58 bits per heavy atom. The van der Waals surface area contributed by atoms with E-state index in [0.29, 0.717) is 31.3 Å². The molecule has 0 radical (unpaired) electrons. The van der Waals surface area contributed by atoms with Crippen molar-refractivity contribution in [3.63, 3.8) is 0 Å². The second-order valence-electron chi connectivity index (χ2n) is 6.36. The fraction of sp³-hybridized carbons (Fsp3) is 0.471. The monoisotopic (exact) mass is 332 g/mol. The fourth-order valence-corrected chi connectivity index (χ4v) is 2.04. The average Bonchev–Trinajstić information content (AvgIpc) is 2.53. The van der Waals surface area contributed by atoms with Gasteiger partial charge >= 0.3 is 0 Å². The van der Waals surface area contributed by atoms with Crippen LogP contribution >= 0.6 is 0 Å². The van der Waals surface area contributed by atoms with Crippen molar-refractivity contribution < 1.29 is 9.47 Å². The van der Waals surface area contributed by atoms with Crippen LogP contribution in [-0.4, -0.2) is 35.1 Å². The third kappa shape index (κ3) is 5.06. The van der Waals surface area contributed by atoms with Crippen molar-refractivity contribution >= 4 is 5.69 Å². The van der Waals surface area contributed by atoms with Gasteiger partial charge in [0.05, 0.1) is 24.0 Å². The van der Waals surface area contributed by atoms with Gasteiger partial charge in [-0.2, -0.15) is 5.10 Å². The third-order valence-electron chi connectivity index (χ3n) is 3.27. The molecule has 2 rings (SSSR count). The molecular formula is C17H24N4O3. The second kappa shape index (κ2) is 7.92. The molecular weight excluding hydrogens is 308 g/mol. The van der Waals surface area contributed by atoms with Crippen molar-refractivity contribution in [2.75, 3.05) is 25.6 Å². The molecule has 0 atom stereocenters. The van der Waals surface area contributed by atoms with Crippen LogP contribution in [0.4, 0.5) is 5.69 Å². The number of hydrogen-bond acceptors (Lipinski definition) is 6. The van der Waals surface area contributed by atoms with Crippen LogP contribution in [0.25, 0.3) is 0 Å². The summed E-state index contributed by atoms with van der Waals surface area (Å²) in [5, 5.41) is 7.39. The lowest BCUT2D eigenvalue weighted by Gasteiger charge is -2.20. The number of nitrogens with zero attached hydrogens (tertiary/aromatic N) is 3. The SMILES string of the molecule is COCCOc1ccc(CNc2cnn(C(C)(C)C)c(=O)c2)cn1. The number of ether oxygens (including phenoxy) is 2. The highest BCUT2D eigenvalue weighted by molar-refractivity contribution is 5.39. The lowest BCUT2D eigenvalue weighted by atomic mass is 10.1. The normalized spacial score (nSPS) is 11.3. The summed E-state index contributed by atoms with van der Waals surface area (Å²) in [7, 11) is 1.63. The van der Waals surface area contributed by atoms with Crippen molar-refractivity contribution in [2.45, 2.75) is 32.9 Å². The number of aromatic nitrogens is 3. The van der Waals surface area contributed by atoms with Crippen LogP contribution in [0.1, 0.15) is 26.3 Å². The topological polar surface area (TPSA) is 78.3 Å². The largest absolute Gasteiger partial charge is 0.475 e. The van der Waals surface area contributed by atoms with Gasteiger partial charge in [-0.25, -0.2) is 9.67 Å². The molecule has 0 aliphatic rings. The molecule has 0 aliphatic heterocycles. The molecule has 0 aromatic carbocycles. The fourth-order valence-electron chi connectivity index (χ4n) is 2.04. The minimum absolute atomic E-state index is 0.132. The van der Waals surface area contributed by atoms with E-state index in [9.17, 15) is 4.79 Å². The minimum atomic E-state index is -0.335. The first-order valence-corrected chi connectivity index (χ1v) is 7.80. The summed E-state index contributed by atoms with van der Waals surface area (Å²) in [4.78, 5) is 16.3. The Morgan fingerprint density at radius 2 is 2.00 bits per heavy atom. The van der Waals surface area contributed by atoms with Crippen LogP contribution < -0.4 is 15.6 Å². The molecule has 24 heavy (non-hydrogen) atoms. The smallest absolute Gasteiger partial charge is 0.269 e. The van der Waals surface area contributed by atoms with Gasteiger partial charge in [-0.3, -0.25) is 4.79 Å². The number of pyridine rings is 1. The summed E-state index contributed by atoms with van der Waals surface area (Å²) in [6, 6.07) is 5.28. The number of nitrogens with one attached hydrogen (secondary N) is 1. The molecule has 0 saturated carbocycles. The number of methoxy groups -OCH3 is 1. The van der Waals surface area contributed by atoms with E-state index < -0.39 is 0 Å². The Kier molecular flexibility index (Phi) is 5.92. The predicted molar refractivity (Wildman–Crippen MR) is 92.4 cm³/mol. The van der Waals surface area contributed by atoms with E-state index in [1.807, 2.05) is 32.9 Å². The van der Waals surface area contributed by atoms with E-state index >= 15 is 0 Å². The molecule has 1 N–H and O–H groups in total. The van der Waals surface area contributed by atoms with Gasteiger partial charge in [-0.05, 0) is 26.3 Å². The second-order valence-corrected chi connectivity index (χ2v) is 6.36. The molecule has 0 bridgehead atoms. The zero-order valence-corrected chi connectivity index (χ0v) is 14.6. The summed E-state index contributed by atoms with van der Waals surface area (Å²) in [5.74, 6) is 0.560. The Hall–Kier alpha value is -2.41. The molecule has 0 fully saturated rings. The van der Waals surface area contributed by atoms with Crippen LogP contribution in [0, 0.1) is 0 Å². The van der Waals surface area contributed by atoms with Crippen molar-refractivity contribution in [1.29, 1.82) is 0 Å². The molecule has 0 amide bonds. The predicted octanol–water partition coefficient (Wildman–Crippen LogP) is 2.03. The molecule has 0 spiro atoms. The van der Waals surface area contributed by atoms with Gasteiger partial charge in [-0.1, -0.05) is 6.07 Å².